The van der Waals surface area contributed by atoms with Gasteiger partial charge in [-0.15, -0.1) is 0 Å². The van der Waals surface area contributed by atoms with Crippen LogP contribution in [0, 0.1) is 0 Å². The van der Waals surface area contributed by atoms with Crippen molar-refractivity contribution in [2.24, 2.45) is 0 Å². The first-order chi connectivity index (χ1) is 9.22. The van der Waals surface area contributed by atoms with E-state index in [4.69, 9.17) is 9.84 Å². The normalized spacial score (nSPS) is 10.3. The molecule has 19 heavy (non-hydrogen) atoms. The molecule has 0 aliphatic rings. The average Bonchev–Trinajstić information content (AvgIpc) is 2.43. The molecule has 1 aromatic carbocycles. The average molecular weight is 266 g/mol. The summed E-state index contributed by atoms with van der Waals surface area (Å²) in [4.78, 5) is 13.6. The fraction of sp³-hybridized carbons (Fsp3) is 0.500. The Labute approximate surface area is 114 Å². The Balaban J connectivity index is 2.72. The number of carbonyl (C=O) groups is 1. The molecular formula is C14H22N2O3. The standard InChI is InChI=1S/C14H22N2O3/c1-3-16(9-10-17)14(18)15-13-8-6-5-7-12(13)11-19-4-2/h5-8,17H,3-4,9-11H2,1-2H3,(H,15,18). The zero-order chi connectivity index (χ0) is 14.1. The molecule has 0 atom stereocenters. The summed E-state index contributed by atoms with van der Waals surface area (Å²) in [6, 6.07) is 7.34. The van der Waals surface area contributed by atoms with Crippen LogP contribution in [0.5, 0.6) is 0 Å². The maximum atomic E-state index is 12.0. The first-order valence-electron chi connectivity index (χ1n) is 6.55. The van der Waals surface area contributed by atoms with Crippen LogP contribution in [-0.2, 0) is 11.3 Å². The summed E-state index contributed by atoms with van der Waals surface area (Å²) in [5.74, 6) is 0. The van der Waals surface area contributed by atoms with Crippen LogP contribution in [0.4, 0.5) is 10.5 Å². The van der Waals surface area contributed by atoms with Crippen molar-refractivity contribution in [1.82, 2.24) is 4.90 Å². The summed E-state index contributed by atoms with van der Waals surface area (Å²) in [6.45, 7) is 5.76. The molecule has 0 radical (unpaired) electrons. The van der Waals surface area contributed by atoms with Gasteiger partial charge in [-0.1, -0.05) is 18.2 Å². The number of anilines is 1. The zero-order valence-corrected chi connectivity index (χ0v) is 11.6. The van der Waals surface area contributed by atoms with Crippen molar-refractivity contribution in [3.05, 3.63) is 29.8 Å². The molecule has 0 saturated heterocycles. The summed E-state index contributed by atoms with van der Waals surface area (Å²) >= 11 is 0. The lowest BCUT2D eigenvalue weighted by molar-refractivity contribution is 0.134. The Morgan fingerprint density at radius 3 is 2.74 bits per heavy atom. The number of ether oxygens (including phenoxy) is 1. The van der Waals surface area contributed by atoms with Crippen molar-refractivity contribution in [2.75, 3.05) is 31.6 Å². The number of carbonyl (C=O) groups excluding carboxylic acids is 1. The lowest BCUT2D eigenvalue weighted by Crippen LogP contribution is -2.37. The Morgan fingerprint density at radius 1 is 1.37 bits per heavy atom. The third kappa shape index (κ3) is 4.89. The molecule has 5 nitrogen and oxygen atoms in total. The third-order valence-electron chi connectivity index (χ3n) is 2.76. The third-order valence-corrected chi connectivity index (χ3v) is 2.76. The van der Waals surface area contributed by atoms with Gasteiger partial charge in [0.15, 0.2) is 0 Å². The maximum Gasteiger partial charge on any atom is 0.321 e. The number of benzene rings is 1. The number of hydrogen-bond donors (Lipinski definition) is 2. The van der Waals surface area contributed by atoms with Crippen molar-refractivity contribution < 1.29 is 14.6 Å². The van der Waals surface area contributed by atoms with E-state index in [1.807, 2.05) is 38.1 Å². The number of rotatable bonds is 7. The smallest absolute Gasteiger partial charge is 0.321 e. The van der Waals surface area contributed by atoms with Gasteiger partial charge in [-0.05, 0) is 19.9 Å². The fourth-order valence-electron chi connectivity index (χ4n) is 1.70. The Kier molecular flexibility index (Phi) is 6.92. The van der Waals surface area contributed by atoms with Crippen molar-refractivity contribution >= 4 is 11.7 Å². The first kappa shape index (κ1) is 15.5. The molecule has 2 amide bonds. The van der Waals surface area contributed by atoms with E-state index < -0.39 is 0 Å². The minimum absolute atomic E-state index is 0.0398. The SMILES string of the molecule is CCOCc1ccccc1NC(=O)N(CC)CCO. The van der Waals surface area contributed by atoms with Gasteiger partial charge in [0, 0.05) is 30.9 Å². The van der Waals surface area contributed by atoms with Crippen molar-refractivity contribution in [2.45, 2.75) is 20.5 Å². The second-order valence-corrected chi connectivity index (χ2v) is 4.03. The number of nitrogens with zero attached hydrogens (tertiary/aromatic N) is 1. The van der Waals surface area contributed by atoms with Crippen LogP contribution < -0.4 is 5.32 Å². The number of hydrogen-bond acceptors (Lipinski definition) is 3. The summed E-state index contributed by atoms with van der Waals surface area (Å²) in [5, 5.41) is 11.8. The molecule has 5 heteroatoms. The van der Waals surface area contributed by atoms with Crippen LogP contribution in [0.15, 0.2) is 24.3 Å². The van der Waals surface area contributed by atoms with Crippen LogP contribution in [-0.4, -0.2) is 42.3 Å². The van der Waals surface area contributed by atoms with Gasteiger partial charge >= 0.3 is 6.03 Å². The molecule has 0 aliphatic heterocycles. The van der Waals surface area contributed by atoms with E-state index in [1.165, 1.54) is 0 Å². The number of aliphatic hydroxyl groups is 1. The van der Waals surface area contributed by atoms with E-state index in [2.05, 4.69) is 5.32 Å². The summed E-state index contributed by atoms with van der Waals surface area (Å²) in [6.07, 6.45) is 0. The second-order valence-electron chi connectivity index (χ2n) is 4.03. The molecule has 2 N–H and O–H groups in total. The number of para-hydroxylation sites is 1. The largest absolute Gasteiger partial charge is 0.395 e. The van der Waals surface area contributed by atoms with Crippen molar-refractivity contribution in [1.29, 1.82) is 0 Å². The van der Waals surface area contributed by atoms with Gasteiger partial charge in [0.1, 0.15) is 0 Å². The summed E-state index contributed by atoms with van der Waals surface area (Å²) in [7, 11) is 0. The Hall–Kier alpha value is -1.59. The minimum atomic E-state index is -0.208. The van der Waals surface area contributed by atoms with Gasteiger partial charge in [0.25, 0.3) is 0 Å². The molecule has 0 heterocycles. The molecule has 0 aromatic heterocycles. The van der Waals surface area contributed by atoms with Gasteiger partial charge < -0.3 is 20.1 Å². The number of aliphatic hydroxyl groups excluding tert-OH is 1. The predicted molar refractivity (Wildman–Crippen MR) is 75.1 cm³/mol. The van der Waals surface area contributed by atoms with Gasteiger partial charge in [-0.3, -0.25) is 0 Å². The van der Waals surface area contributed by atoms with Crippen LogP contribution in [0.2, 0.25) is 0 Å². The highest BCUT2D eigenvalue weighted by atomic mass is 16.5. The van der Waals surface area contributed by atoms with E-state index in [0.29, 0.717) is 26.3 Å². The first-order valence-corrected chi connectivity index (χ1v) is 6.55. The minimum Gasteiger partial charge on any atom is -0.395 e. The highest BCUT2D eigenvalue weighted by Gasteiger charge is 2.12. The van der Waals surface area contributed by atoms with Crippen LogP contribution in [0.1, 0.15) is 19.4 Å². The number of urea groups is 1. The van der Waals surface area contributed by atoms with E-state index in [-0.39, 0.29) is 12.6 Å². The van der Waals surface area contributed by atoms with E-state index >= 15 is 0 Å². The van der Waals surface area contributed by atoms with E-state index in [9.17, 15) is 4.79 Å². The summed E-state index contributed by atoms with van der Waals surface area (Å²) in [5.41, 5.74) is 1.69. The van der Waals surface area contributed by atoms with Gasteiger partial charge in [-0.2, -0.15) is 0 Å². The highest BCUT2D eigenvalue weighted by molar-refractivity contribution is 5.90. The number of likely N-dealkylation sites (N-methyl/N-ethyl adjacent to an activating group) is 1. The number of amides is 2. The van der Waals surface area contributed by atoms with Gasteiger partial charge in [0.05, 0.1) is 13.2 Å². The van der Waals surface area contributed by atoms with Crippen LogP contribution in [0.25, 0.3) is 0 Å². The molecule has 0 saturated carbocycles. The van der Waals surface area contributed by atoms with Crippen molar-refractivity contribution in [3.8, 4) is 0 Å². The highest BCUT2D eigenvalue weighted by Crippen LogP contribution is 2.16. The van der Waals surface area contributed by atoms with Gasteiger partial charge in [-0.25, -0.2) is 4.79 Å². The Morgan fingerprint density at radius 2 is 2.11 bits per heavy atom. The maximum absolute atomic E-state index is 12.0. The molecule has 0 bridgehead atoms. The molecule has 0 aliphatic carbocycles. The van der Waals surface area contributed by atoms with E-state index in [0.717, 1.165) is 11.3 Å². The lowest BCUT2D eigenvalue weighted by Gasteiger charge is -2.21. The Bertz CT molecular complexity index is 396. The van der Waals surface area contributed by atoms with Gasteiger partial charge in [0.2, 0.25) is 0 Å². The molecule has 1 rings (SSSR count). The van der Waals surface area contributed by atoms with Crippen LogP contribution in [0.3, 0.4) is 0 Å². The number of nitrogens with one attached hydrogen (secondary N) is 1. The monoisotopic (exact) mass is 266 g/mol. The van der Waals surface area contributed by atoms with E-state index in [1.54, 1.807) is 4.90 Å². The van der Waals surface area contributed by atoms with Crippen molar-refractivity contribution in [3.63, 3.8) is 0 Å². The molecule has 1 aromatic rings. The second kappa shape index (κ2) is 8.50. The predicted octanol–water partition coefficient (Wildman–Crippen LogP) is 2.07. The molecule has 106 valence electrons. The topological polar surface area (TPSA) is 61.8 Å². The lowest BCUT2D eigenvalue weighted by atomic mass is 10.2. The molecule has 0 fully saturated rings. The molecule has 0 spiro atoms. The fourth-order valence-corrected chi connectivity index (χ4v) is 1.70. The quantitative estimate of drug-likeness (QED) is 0.794. The molecule has 0 unspecified atom stereocenters. The van der Waals surface area contributed by atoms with Crippen LogP contribution >= 0.6 is 0 Å². The summed E-state index contributed by atoms with van der Waals surface area (Å²) < 4.78 is 5.37. The zero-order valence-electron chi connectivity index (χ0n) is 11.6. The molecular weight excluding hydrogens is 244 g/mol.